The maximum Gasteiger partial charge on any atom is 0.305 e. The van der Waals surface area contributed by atoms with Gasteiger partial charge in [0, 0.05) is 13.0 Å². The molecule has 0 aliphatic heterocycles. The summed E-state index contributed by atoms with van der Waals surface area (Å²) in [6.45, 7) is 3.10. The molecule has 0 aromatic heterocycles. The number of unbranched alkanes of at least 4 members (excludes halogenated alkanes) is 14. The quantitative estimate of drug-likeness (QED) is 0.131. The Balaban J connectivity index is 3.14. The number of allylic oxidation sites excluding steroid dienone is 2. The Morgan fingerprint density at radius 1 is 0.704 bits per heavy atom. The highest BCUT2D eigenvalue weighted by atomic mass is 16.5. The van der Waals surface area contributed by atoms with Crippen molar-refractivity contribution in [1.29, 1.82) is 0 Å². The van der Waals surface area contributed by atoms with Gasteiger partial charge in [-0.05, 0) is 44.9 Å². The highest BCUT2D eigenvalue weighted by Gasteiger charge is 2.01. The normalized spacial score (nSPS) is 11.3. The van der Waals surface area contributed by atoms with Crippen molar-refractivity contribution in [3.63, 3.8) is 0 Å². The van der Waals surface area contributed by atoms with E-state index in [9.17, 15) is 4.79 Å². The van der Waals surface area contributed by atoms with Gasteiger partial charge in [-0.15, -0.1) is 0 Å². The number of ether oxygens (including phenoxy) is 1. The zero-order valence-corrected chi connectivity index (χ0v) is 18.1. The lowest BCUT2D eigenvalue weighted by Crippen LogP contribution is -2.05. The lowest BCUT2D eigenvalue weighted by molar-refractivity contribution is -0.143. The van der Waals surface area contributed by atoms with Crippen LogP contribution < -0.4 is 0 Å². The van der Waals surface area contributed by atoms with Crippen LogP contribution in [0.3, 0.4) is 0 Å². The van der Waals surface area contributed by atoms with Crippen molar-refractivity contribution in [3.8, 4) is 0 Å². The van der Waals surface area contributed by atoms with E-state index >= 15 is 0 Å². The fourth-order valence-corrected chi connectivity index (χ4v) is 3.17. The second-order valence-electron chi connectivity index (χ2n) is 7.69. The lowest BCUT2D eigenvalue weighted by atomic mass is 10.1. The van der Waals surface area contributed by atoms with E-state index in [1.807, 2.05) is 0 Å². The first-order chi connectivity index (χ1) is 13.3. The molecule has 0 fully saturated rings. The van der Waals surface area contributed by atoms with Crippen molar-refractivity contribution in [2.45, 2.75) is 122 Å². The van der Waals surface area contributed by atoms with Crippen molar-refractivity contribution < 1.29 is 14.6 Å². The van der Waals surface area contributed by atoms with Gasteiger partial charge in [-0.3, -0.25) is 4.79 Å². The van der Waals surface area contributed by atoms with Crippen LogP contribution in [0.5, 0.6) is 0 Å². The average Bonchev–Trinajstić information content (AvgIpc) is 2.67. The number of hydrogen-bond acceptors (Lipinski definition) is 3. The molecule has 160 valence electrons. The lowest BCUT2D eigenvalue weighted by Gasteiger charge is -2.04. The van der Waals surface area contributed by atoms with Crippen molar-refractivity contribution in [1.82, 2.24) is 0 Å². The van der Waals surface area contributed by atoms with Crippen LogP contribution in [0.1, 0.15) is 122 Å². The number of hydrogen-bond donors (Lipinski definition) is 1. The van der Waals surface area contributed by atoms with Gasteiger partial charge in [-0.2, -0.15) is 0 Å². The van der Waals surface area contributed by atoms with E-state index in [1.165, 1.54) is 77.0 Å². The van der Waals surface area contributed by atoms with Gasteiger partial charge in [-0.1, -0.05) is 83.3 Å². The Morgan fingerprint density at radius 2 is 1.22 bits per heavy atom. The summed E-state index contributed by atoms with van der Waals surface area (Å²) in [5.74, 6) is -0.0167. The fraction of sp³-hybridized carbons (Fsp3) is 0.875. The minimum absolute atomic E-state index is 0.0167. The van der Waals surface area contributed by atoms with Gasteiger partial charge in [0.15, 0.2) is 0 Å². The summed E-state index contributed by atoms with van der Waals surface area (Å²) in [5.41, 5.74) is 0. The van der Waals surface area contributed by atoms with E-state index in [0.717, 1.165) is 32.1 Å². The standard InChI is InChI=1S/C24H46O3/c1-2-3-18-21-24(26)27-23-20-17-15-13-11-9-7-5-4-6-8-10-12-14-16-19-22-25/h4-5,25H,2-3,6-23H2,1H3/b5-4-. The molecule has 3 nitrogen and oxygen atoms in total. The van der Waals surface area contributed by atoms with Gasteiger partial charge in [0.25, 0.3) is 0 Å². The third-order valence-corrected chi connectivity index (χ3v) is 4.96. The number of carbonyl (C=O) groups excluding carboxylic acids is 1. The molecule has 3 heteroatoms. The Bertz CT molecular complexity index is 326. The topological polar surface area (TPSA) is 46.5 Å². The molecule has 0 rings (SSSR count). The molecule has 0 bridgehead atoms. The molecule has 0 aliphatic rings. The number of esters is 1. The first kappa shape index (κ1) is 26.2. The van der Waals surface area contributed by atoms with E-state index in [-0.39, 0.29) is 5.97 Å². The van der Waals surface area contributed by atoms with Crippen molar-refractivity contribution in [3.05, 3.63) is 12.2 Å². The summed E-state index contributed by atoms with van der Waals surface area (Å²) in [6.07, 6.45) is 25.7. The van der Waals surface area contributed by atoms with E-state index in [4.69, 9.17) is 9.84 Å². The van der Waals surface area contributed by atoms with Gasteiger partial charge in [0.05, 0.1) is 6.61 Å². The molecule has 0 unspecified atom stereocenters. The first-order valence-electron chi connectivity index (χ1n) is 11.7. The maximum absolute atomic E-state index is 11.5. The average molecular weight is 383 g/mol. The van der Waals surface area contributed by atoms with Crippen LogP contribution in [0, 0.1) is 0 Å². The number of aliphatic hydroxyl groups excluding tert-OH is 1. The smallest absolute Gasteiger partial charge is 0.305 e. The van der Waals surface area contributed by atoms with Crippen LogP contribution >= 0.6 is 0 Å². The molecule has 0 aromatic carbocycles. The molecule has 0 saturated carbocycles. The Hall–Kier alpha value is -0.830. The molecule has 0 amide bonds. The van der Waals surface area contributed by atoms with Crippen LogP contribution in [-0.4, -0.2) is 24.3 Å². The van der Waals surface area contributed by atoms with Crippen LogP contribution in [0.4, 0.5) is 0 Å². The summed E-state index contributed by atoms with van der Waals surface area (Å²) < 4.78 is 5.25. The van der Waals surface area contributed by atoms with Crippen LogP contribution in [-0.2, 0) is 9.53 Å². The number of rotatable bonds is 21. The fourth-order valence-electron chi connectivity index (χ4n) is 3.17. The van der Waals surface area contributed by atoms with Crippen LogP contribution in [0.15, 0.2) is 12.2 Å². The zero-order chi connectivity index (χ0) is 19.8. The zero-order valence-electron chi connectivity index (χ0n) is 18.1. The monoisotopic (exact) mass is 382 g/mol. The van der Waals surface area contributed by atoms with Crippen molar-refractivity contribution in [2.24, 2.45) is 0 Å². The second kappa shape index (κ2) is 23.2. The Labute approximate surface area is 169 Å². The van der Waals surface area contributed by atoms with Crippen molar-refractivity contribution in [2.75, 3.05) is 13.2 Å². The molecule has 0 aliphatic carbocycles. The first-order valence-corrected chi connectivity index (χ1v) is 11.7. The third kappa shape index (κ3) is 23.1. The van der Waals surface area contributed by atoms with Gasteiger partial charge in [-0.25, -0.2) is 0 Å². The molecule has 0 spiro atoms. The van der Waals surface area contributed by atoms with Crippen LogP contribution in [0.2, 0.25) is 0 Å². The molecule has 0 heterocycles. The number of carbonyl (C=O) groups is 1. The molecule has 0 atom stereocenters. The minimum atomic E-state index is -0.0167. The molecular weight excluding hydrogens is 336 g/mol. The second-order valence-corrected chi connectivity index (χ2v) is 7.69. The van der Waals surface area contributed by atoms with Gasteiger partial charge < -0.3 is 9.84 Å². The Morgan fingerprint density at radius 3 is 1.78 bits per heavy atom. The van der Waals surface area contributed by atoms with Gasteiger partial charge in [0.1, 0.15) is 0 Å². The molecule has 0 saturated heterocycles. The number of aliphatic hydroxyl groups is 1. The SMILES string of the molecule is CCCCCC(=O)OCCCCCCCC/C=C\CCCCCCCCO. The third-order valence-electron chi connectivity index (χ3n) is 4.96. The molecule has 1 N–H and O–H groups in total. The van der Waals surface area contributed by atoms with Crippen LogP contribution in [0.25, 0.3) is 0 Å². The van der Waals surface area contributed by atoms with E-state index < -0.39 is 0 Å². The van der Waals surface area contributed by atoms with E-state index in [2.05, 4.69) is 19.1 Å². The predicted molar refractivity (Wildman–Crippen MR) is 116 cm³/mol. The molecule has 0 radical (unpaired) electrons. The summed E-state index contributed by atoms with van der Waals surface area (Å²) >= 11 is 0. The van der Waals surface area contributed by atoms with E-state index in [0.29, 0.717) is 19.6 Å². The molecule has 0 aromatic rings. The molecule has 27 heavy (non-hydrogen) atoms. The van der Waals surface area contributed by atoms with E-state index in [1.54, 1.807) is 0 Å². The summed E-state index contributed by atoms with van der Waals surface area (Å²) in [4.78, 5) is 11.5. The predicted octanol–water partition coefficient (Wildman–Crippen LogP) is 7.12. The largest absolute Gasteiger partial charge is 0.466 e. The summed E-state index contributed by atoms with van der Waals surface area (Å²) in [7, 11) is 0. The Kier molecular flexibility index (Phi) is 22.5. The highest BCUT2D eigenvalue weighted by molar-refractivity contribution is 5.69. The van der Waals surface area contributed by atoms with Gasteiger partial charge in [0.2, 0.25) is 0 Å². The molecular formula is C24H46O3. The van der Waals surface area contributed by atoms with Crippen molar-refractivity contribution >= 4 is 5.97 Å². The minimum Gasteiger partial charge on any atom is -0.466 e. The maximum atomic E-state index is 11.5. The highest BCUT2D eigenvalue weighted by Crippen LogP contribution is 2.10. The summed E-state index contributed by atoms with van der Waals surface area (Å²) in [6, 6.07) is 0. The summed E-state index contributed by atoms with van der Waals surface area (Å²) in [5, 5.41) is 8.72. The van der Waals surface area contributed by atoms with Gasteiger partial charge >= 0.3 is 5.97 Å².